The fraction of sp³-hybridized carbons (Fsp3) is 0.800. The molecule has 14 nitrogen and oxygen atoms in total. The van der Waals surface area contributed by atoms with Crippen LogP contribution in [0.1, 0.15) is 149 Å². The number of carboxylic acid groups (broad SMARTS) is 1. The number of carbonyl (C=O) groups excluding carboxylic acids is 3. The van der Waals surface area contributed by atoms with Crippen LogP contribution in [0.5, 0.6) is 0 Å². The third kappa shape index (κ3) is 25.4. The number of carbonyl (C=O) groups is 4. The van der Waals surface area contributed by atoms with Crippen LogP contribution in [0.4, 0.5) is 0 Å². The van der Waals surface area contributed by atoms with E-state index in [0.717, 1.165) is 38.5 Å². The van der Waals surface area contributed by atoms with Crippen molar-refractivity contribution in [2.45, 2.75) is 173 Å². The van der Waals surface area contributed by atoms with Gasteiger partial charge in [-0.2, -0.15) is 0 Å². The molecule has 0 aromatic rings. The van der Waals surface area contributed by atoms with E-state index in [9.17, 15) is 38.8 Å². The van der Waals surface area contributed by atoms with Gasteiger partial charge in [0, 0.05) is 31.1 Å². The Hall–Kier alpha value is -2.45. The molecule has 0 heterocycles. The second-order valence-corrected chi connectivity index (χ2v) is 16.0. The molecule has 0 bridgehead atoms. The van der Waals surface area contributed by atoms with Crippen molar-refractivity contribution in [1.82, 2.24) is 0 Å². The zero-order valence-corrected chi connectivity index (χ0v) is 34.1. The van der Waals surface area contributed by atoms with Crippen LogP contribution in [-0.2, 0) is 42.3 Å². The van der Waals surface area contributed by atoms with Gasteiger partial charge in [-0.05, 0) is 32.1 Å². The van der Waals surface area contributed by atoms with E-state index < -0.39 is 75.8 Å². The number of aliphatic hydroxyl groups is 2. The predicted molar refractivity (Wildman–Crippen MR) is 209 cm³/mol. The molecule has 1 aliphatic rings. The van der Waals surface area contributed by atoms with E-state index in [1.54, 1.807) is 12.2 Å². The SMILES string of the molecule is CCCCCCCCCCCCCC(=O)OC[C@H](COP(=O)(O)OC[C@H](N)C(=O)O)OC(=O)CCC/C=C\C[C@H]1C(=O)C[C@@H](O)[C@@H]1/C=C/[C@@H](O)CCCCC. The maximum Gasteiger partial charge on any atom is 0.472 e. The molecule has 1 rings (SSSR count). The van der Waals surface area contributed by atoms with Crippen LogP contribution in [0.3, 0.4) is 0 Å². The number of rotatable bonds is 34. The van der Waals surface area contributed by atoms with Gasteiger partial charge < -0.3 is 35.4 Å². The van der Waals surface area contributed by atoms with Gasteiger partial charge in [0.15, 0.2) is 6.10 Å². The van der Waals surface area contributed by atoms with E-state index in [0.29, 0.717) is 32.1 Å². The zero-order chi connectivity index (χ0) is 40.9. The highest BCUT2D eigenvalue weighted by atomic mass is 31.2. The molecule has 1 unspecified atom stereocenters. The van der Waals surface area contributed by atoms with Gasteiger partial charge in [-0.25, -0.2) is 4.57 Å². The molecule has 15 heteroatoms. The van der Waals surface area contributed by atoms with Crippen LogP contribution in [0.25, 0.3) is 0 Å². The lowest BCUT2D eigenvalue weighted by atomic mass is 9.90. The summed E-state index contributed by atoms with van der Waals surface area (Å²) in [5.74, 6) is -3.43. The average Bonchev–Trinajstić information content (AvgIpc) is 3.41. The summed E-state index contributed by atoms with van der Waals surface area (Å²) in [6, 6.07) is -1.56. The first kappa shape index (κ1) is 50.6. The number of nitrogens with two attached hydrogens (primary N) is 1. The quantitative estimate of drug-likeness (QED) is 0.0194. The fourth-order valence-corrected chi connectivity index (χ4v) is 7.00. The predicted octanol–water partition coefficient (Wildman–Crippen LogP) is 6.87. The Kier molecular flexibility index (Phi) is 28.2. The van der Waals surface area contributed by atoms with E-state index >= 15 is 0 Å². The first-order valence-electron chi connectivity index (χ1n) is 20.5. The molecule has 1 aliphatic carbocycles. The second-order valence-electron chi connectivity index (χ2n) is 14.6. The smallest absolute Gasteiger partial charge is 0.472 e. The molecule has 0 radical (unpaired) electrons. The summed E-state index contributed by atoms with van der Waals surface area (Å²) in [6.45, 7) is 2.40. The number of Topliss-reactive ketones (excluding diaryl/α,β-unsaturated/α-hetero) is 1. The van der Waals surface area contributed by atoms with E-state index in [1.807, 2.05) is 12.2 Å². The number of ether oxygens (including phenoxy) is 2. The lowest BCUT2D eigenvalue weighted by Crippen LogP contribution is -2.34. The number of hydrogen-bond acceptors (Lipinski definition) is 12. The molecule has 0 aromatic heterocycles. The largest absolute Gasteiger partial charge is 0.480 e. The van der Waals surface area contributed by atoms with Gasteiger partial charge in [0.2, 0.25) is 0 Å². The molecule has 318 valence electrons. The first-order chi connectivity index (χ1) is 26.3. The average molecular weight is 804 g/mol. The highest BCUT2D eigenvalue weighted by molar-refractivity contribution is 7.47. The lowest BCUT2D eigenvalue weighted by Gasteiger charge is -2.20. The Morgan fingerprint density at radius 3 is 2.05 bits per heavy atom. The Morgan fingerprint density at radius 1 is 0.836 bits per heavy atom. The second kappa shape index (κ2) is 30.7. The molecule has 0 aliphatic heterocycles. The minimum Gasteiger partial charge on any atom is -0.480 e. The molecule has 6 N–H and O–H groups in total. The van der Waals surface area contributed by atoms with E-state index in [1.165, 1.54) is 44.9 Å². The minimum absolute atomic E-state index is 0.0311. The van der Waals surface area contributed by atoms with Crippen molar-refractivity contribution < 1.29 is 62.5 Å². The maximum absolute atomic E-state index is 12.7. The fourth-order valence-electron chi connectivity index (χ4n) is 6.22. The van der Waals surface area contributed by atoms with Crippen LogP contribution in [0, 0.1) is 11.8 Å². The molecular weight excluding hydrogens is 733 g/mol. The minimum atomic E-state index is -4.78. The van der Waals surface area contributed by atoms with Crippen LogP contribution in [0.2, 0.25) is 0 Å². The summed E-state index contributed by atoms with van der Waals surface area (Å²) >= 11 is 0. The number of hydrogen-bond donors (Lipinski definition) is 5. The van der Waals surface area contributed by atoms with E-state index in [2.05, 4.69) is 18.4 Å². The summed E-state index contributed by atoms with van der Waals surface area (Å²) in [5, 5.41) is 29.5. The van der Waals surface area contributed by atoms with Gasteiger partial charge in [0.1, 0.15) is 18.4 Å². The normalized spacial score (nSPS) is 20.1. The Bertz CT molecular complexity index is 1200. The van der Waals surface area contributed by atoms with Gasteiger partial charge in [-0.3, -0.25) is 28.2 Å². The summed E-state index contributed by atoms with van der Waals surface area (Å²) in [5.41, 5.74) is 5.31. The van der Waals surface area contributed by atoms with Crippen molar-refractivity contribution in [3.05, 3.63) is 24.3 Å². The number of esters is 2. The third-order valence-corrected chi connectivity index (χ3v) is 10.5. The summed E-state index contributed by atoms with van der Waals surface area (Å²) in [6.07, 6.45) is 21.9. The van der Waals surface area contributed by atoms with Crippen LogP contribution < -0.4 is 5.73 Å². The highest BCUT2D eigenvalue weighted by Gasteiger charge is 2.39. The van der Waals surface area contributed by atoms with E-state index in [4.69, 9.17) is 24.8 Å². The number of allylic oxidation sites excluding steroid dienone is 2. The Balaban J connectivity index is 2.57. The zero-order valence-electron chi connectivity index (χ0n) is 33.2. The molecule has 0 aromatic carbocycles. The molecule has 0 amide bonds. The Labute approximate surface area is 328 Å². The number of unbranched alkanes of at least 4 members (excludes halogenated alkanes) is 13. The number of aliphatic hydroxyl groups excluding tert-OH is 2. The van der Waals surface area contributed by atoms with Crippen LogP contribution in [-0.4, -0.2) is 88.1 Å². The molecule has 55 heavy (non-hydrogen) atoms. The highest BCUT2D eigenvalue weighted by Crippen LogP contribution is 2.43. The molecule has 0 spiro atoms. The molecule has 1 fully saturated rings. The monoisotopic (exact) mass is 803 g/mol. The number of carboxylic acids is 1. The maximum atomic E-state index is 12.7. The van der Waals surface area contributed by atoms with Crippen molar-refractivity contribution in [3.63, 3.8) is 0 Å². The van der Waals surface area contributed by atoms with Gasteiger partial charge in [-0.15, -0.1) is 0 Å². The molecule has 1 saturated carbocycles. The third-order valence-electron chi connectivity index (χ3n) is 9.57. The van der Waals surface area contributed by atoms with Crippen molar-refractivity contribution >= 4 is 31.5 Å². The van der Waals surface area contributed by atoms with Gasteiger partial charge in [0.25, 0.3) is 0 Å². The van der Waals surface area contributed by atoms with Crippen molar-refractivity contribution in [3.8, 4) is 0 Å². The molecule has 0 saturated heterocycles. The summed E-state index contributed by atoms with van der Waals surface area (Å²) < 4.78 is 32.5. The van der Waals surface area contributed by atoms with Crippen molar-refractivity contribution in [2.75, 3.05) is 19.8 Å². The summed E-state index contributed by atoms with van der Waals surface area (Å²) in [7, 11) is -4.78. The van der Waals surface area contributed by atoms with Gasteiger partial charge >= 0.3 is 25.7 Å². The van der Waals surface area contributed by atoms with Crippen LogP contribution >= 0.6 is 7.82 Å². The Morgan fingerprint density at radius 2 is 1.42 bits per heavy atom. The standard InChI is InChI=1S/C40H70NO13P/c1-3-5-7-8-9-10-11-12-13-14-19-23-38(45)51-28-32(29-52-55(49,50)53-30-35(41)40(47)48)54-39(46)24-20-16-15-18-22-33-34(37(44)27-36(33)43)26-25-31(42)21-17-6-4-2/h15,18,25-26,31-35,37,42,44H,3-14,16-17,19-24,27-30,41H2,1-2H3,(H,47,48)(H,49,50)/b18-15-,26-25+/t31-,32+,33+,34+,35-,37+/m0/s1. The number of ketones is 1. The number of phosphoric acid groups is 1. The first-order valence-corrected chi connectivity index (χ1v) is 22.0. The van der Waals surface area contributed by atoms with Gasteiger partial charge in [0.05, 0.1) is 25.4 Å². The number of aliphatic carboxylic acids is 1. The molecular formula is C40H70NO13P. The van der Waals surface area contributed by atoms with Crippen LogP contribution in [0.15, 0.2) is 24.3 Å². The van der Waals surface area contributed by atoms with Crippen molar-refractivity contribution in [2.24, 2.45) is 17.6 Å². The number of phosphoric ester groups is 1. The molecule has 7 atom stereocenters. The van der Waals surface area contributed by atoms with Crippen molar-refractivity contribution in [1.29, 1.82) is 0 Å². The van der Waals surface area contributed by atoms with Gasteiger partial charge in [-0.1, -0.05) is 122 Å². The lowest BCUT2D eigenvalue weighted by molar-refractivity contribution is -0.161. The summed E-state index contributed by atoms with van der Waals surface area (Å²) in [4.78, 5) is 58.5. The van der Waals surface area contributed by atoms with E-state index in [-0.39, 0.29) is 31.0 Å². The topological polar surface area (TPSA) is 229 Å².